The maximum absolute atomic E-state index is 5.87. The Morgan fingerprint density at radius 2 is 2.16 bits per heavy atom. The molecule has 1 aromatic heterocycles. The van der Waals surface area contributed by atoms with Gasteiger partial charge in [0.25, 0.3) is 0 Å². The lowest BCUT2D eigenvalue weighted by molar-refractivity contribution is 0.267. The highest BCUT2D eigenvalue weighted by molar-refractivity contribution is 5.75. The molecular weight excluding hydrogens is 236 g/mol. The standard InChI is InChI=1S/C15H22N4/c1-15(10-16)7-8-19(11-15)9-14-17-12-5-3-4-6-13(12)18(14)2/h3-6H,7-11,16H2,1-2H3. The summed E-state index contributed by atoms with van der Waals surface area (Å²) in [7, 11) is 2.10. The van der Waals surface area contributed by atoms with Crippen molar-refractivity contribution in [2.24, 2.45) is 18.2 Å². The smallest absolute Gasteiger partial charge is 0.123 e. The number of hydrogen-bond acceptors (Lipinski definition) is 3. The van der Waals surface area contributed by atoms with Gasteiger partial charge in [-0.2, -0.15) is 0 Å². The van der Waals surface area contributed by atoms with Crippen molar-refractivity contribution in [1.29, 1.82) is 0 Å². The summed E-state index contributed by atoms with van der Waals surface area (Å²) < 4.78 is 2.20. The van der Waals surface area contributed by atoms with Crippen LogP contribution in [0.1, 0.15) is 19.2 Å². The van der Waals surface area contributed by atoms with E-state index in [1.807, 2.05) is 6.07 Å². The van der Waals surface area contributed by atoms with Gasteiger partial charge in [-0.3, -0.25) is 4.90 Å². The minimum Gasteiger partial charge on any atom is -0.330 e. The van der Waals surface area contributed by atoms with Crippen LogP contribution in [-0.2, 0) is 13.6 Å². The van der Waals surface area contributed by atoms with Gasteiger partial charge in [-0.15, -0.1) is 0 Å². The Bertz CT molecular complexity index is 589. The number of imidazole rings is 1. The van der Waals surface area contributed by atoms with E-state index < -0.39 is 0 Å². The van der Waals surface area contributed by atoms with Crippen LogP contribution in [0.3, 0.4) is 0 Å². The topological polar surface area (TPSA) is 47.1 Å². The maximum atomic E-state index is 5.87. The molecule has 1 aliphatic rings. The molecule has 2 heterocycles. The summed E-state index contributed by atoms with van der Waals surface area (Å²) in [5, 5.41) is 0. The van der Waals surface area contributed by atoms with Crippen molar-refractivity contribution >= 4 is 11.0 Å². The van der Waals surface area contributed by atoms with Gasteiger partial charge in [-0.25, -0.2) is 4.98 Å². The molecule has 1 atom stereocenters. The number of benzene rings is 1. The van der Waals surface area contributed by atoms with Crippen LogP contribution in [-0.4, -0.2) is 34.1 Å². The number of rotatable bonds is 3. The molecule has 4 nitrogen and oxygen atoms in total. The Hall–Kier alpha value is -1.39. The molecule has 0 radical (unpaired) electrons. The van der Waals surface area contributed by atoms with Crippen molar-refractivity contribution in [2.75, 3.05) is 19.6 Å². The van der Waals surface area contributed by atoms with E-state index in [4.69, 9.17) is 10.7 Å². The summed E-state index contributed by atoms with van der Waals surface area (Å²) in [6.45, 7) is 6.17. The maximum Gasteiger partial charge on any atom is 0.123 e. The average molecular weight is 258 g/mol. The SMILES string of the molecule is Cn1c(CN2CCC(C)(CN)C2)nc2ccccc21. The Labute approximate surface area is 114 Å². The van der Waals surface area contributed by atoms with Crippen LogP contribution >= 0.6 is 0 Å². The van der Waals surface area contributed by atoms with E-state index >= 15 is 0 Å². The van der Waals surface area contributed by atoms with Crippen LogP contribution in [0.15, 0.2) is 24.3 Å². The number of likely N-dealkylation sites (tertiary alicyclic amines) is 1. The fraction of sp³-hybridized carbons (Fsp3) is 0.533. The Morgan fingerprint density at radius 1 is 1.37 bits per heavy atom. The summed E-state index contributed by atoms with van der Waals surface area (Å²) in [4.78, 5) is 7.21. The fourth-order valence-corrected chi connectivity index (χ4v) is 2.96. The molecule has 0 aliphatic carbocycles. The first-order valence-corrected chi connectivity index (χ1v) is 6.94. The Balaban J connectivity index is 1.81. The van der Waals surface area contributed by atoms with E-state index in [2.05, 4.69) is 41.6 Å². The number of nitrogens with zero attached hydrogens (tertiary/aromatic N) is 3. The highest BCUT2D eigenvalue weighted by Crippen LogP contribution is 2.29. The molecule has 1 saturated heterocycles. The summed E-state index contributed by atoms with van der Waals surface area (Å²) in [6, 6.07) is 8.31. The van der Waals surface area contributed by atoms with Gasteiger partial charge in [-0.05, 0) is 37.1 Å². The Morgan fingerprint density at radius 3 is 2.84 bits per heavy atom. The molecule has 2 aromatic rings. The Kier molecular flexibility index (Phi) is 3.07. The molecule has 0 amide bonds. The fourth-order valence-electron chi connectivity index (χ4n) is 2.96. The first-order chi connectivity index (χ1) is 9.11. The van der Waals surface area contributed by atoms with E-state index in [1.165, 1.54) is 11.9 Å². The number of aryl methyl sites for hydroxylation is 1. The third-order valence-electron chi connectivity index (χ3n) is 4.37. The van der Waals surface area contributed by atoms with Crippen molar-refractivity contribution in [3.8, 4) is 0 Å². The third kappa shape index (κ3) is 2.26. The lowest BCUT2D eigenvalue weighted by atomic mass is 9.90. The van der Waals surface area contributed by atoms with Crippen molar-refractivity contribution in [1.82, 2.24) is 14.5 Å². The monoisotopic (exact) mass is 258 g/mol. The van der Waals surface area contributed by atoms with Crippen LogP contribution < -0.4 is 5.73 Å². The number of hydrogen-bond donors (Lipinski definition) is 1. The van der Waals surface area contributed by atoms with Crippen molar-refractivity contribution in [2.45, 2.75) is 19.9 Å². The first-order valence-electron chi connectivity index (χ1n) is 6.94. The predicted octanol–water partition coefficient (Wildman–Crippen LogP) is 1.74. The second-order valence-electron chi connectivity index (χ2n) is 6.05. The van der Waals surface area contributed by atoms with Crippen LogP contribution in [0, 0.1) is 5.41 Å². The van der Waals surface area contributed by atoms with Gasteiger partial charge in [-0.1, -0.05) is 19.1 Å². The lowest BCUT2D eigenvalue weighted by Gasteiger charge is -2.22. The molecule has 1 unspecified atom stereocenters. The van der Waals surface area contributed by atoms with E-state index in [9.17, 15) is 0 Å². The number of fused-ring (bicyclic) bond motifs is 1. The summed E-state index contributed by atoms with van der Waals surface area (Å²) in [5.41, 5.74) is 8.44. The highest BCUT2D eigenvalue weighted by atomic mass is 15.2. The molecule has 1 fully saturated rings. The molecule has 1 aliphatic heterocycles. The zero-order chi connectivity index (χ0) is 13.5. The van der Waals surface area contributed by atoms with E-state index in [-0.39, 0.29) is 5.41 Å². The van der Waals surface area contributed by atoms with Crippen molar-refractivity contribution in [3.05, 3.63) is 30.1 Å². The molecule has 3 rings (SSSR count). The van der Waals surface area contributed by atoms with Crippen LogP contribution in [0.2, 0.25) is 0 Å². The highest BCUT2D eigenvalue weighted by Gasteiger charge is 2.32. The minimum atomic E-state index is 0.282. The first kappa shape index (κ1) is 12.6. The summed E-state index contributed by atoms with van der Waals surface area (Å²) in [5.74, 6) is 1.14. The van der Waals surface area contributed by atoms with Gasteiger partial charge in [0.15, 0.2) is 0 Å². The largest absolute Gasteiger partial charge is 0.330 e. The average Bonchev–Trinajstić information content (AvgIpc) is 2.94. The van der Waals surface area contributed by atoms with Gasteiger partial charge < -0.3 is 10.3 Å². The second-order valence-corrected chi connectivity index (χ2v) is 6.05. The van der Waals surface area contributed by atoms with E-state index in [1.54, 1.807) is 0 Å². The van der Waals surface area contributed by atoms with E-state index in [0.29, 0.717) is 0 Å². The van der Waals surface area contributed by atoms with Crippen LogP contribution in [0.25, 0.3) is 11.0 Å². The lowest BCUT2D eigenvalue weighted by Crippen LogP contribution is -2.31. The zero-order valence-electron chi connectivity index (χ0n) is 11.8. The van der Waals surface area contributed by atoms with E-state index in [0.717, 1.165) is 37.5 Å². The summed E-state index contributed by atoms with van der Waals surface area (Å²) >= 11 is 0. The third-order valence-corrected chi connectivity index (χ3v) is 4.37. The summed E-state index contributed by atoms with van der Waals surface area (Å²) in [6.07, 6.45) is 1.19. The number of aromatic nitrogens is 2. The molecule has 0 saturated carbocycles. The normalized spacial score (nSPS) is 24.4. The van der Waals surface area contributed by atoms with Gasteiger partial charge in [0.05, 0.1) is 17.6 Å². The van der Waals surface area contributed by atoms with Gasteiger partial charge in [0.2, 0.25) is 0 Å². The number of para-hydroxylation sites is 2. The second kappa shape index (κ2) is 4.62. The molecule has 0 spiro atoms. The van der Waals surface area contributed by atoms with Crippen LogP contribution in [0.4, 0.5) is 0 Å². The quantitative estimate of drug-likeness (QED) is 0.912. The van der Waals surface area contributed by atoms with Crippen molar-refractivity contribution < 1.29 is 0 Å². The predicted molar refractivity (Wildman–Crippen MR) is 77.8 cm³/mol. The molecule has 102 valence electrons. The molecular formula is C15H22N4. The van der Waals surface area contributed by atoms with Gasteiger partial charge in [0.1, 0.15) is 5.82 Å². The van der Waals surface area contributed by atoms with Gasteiger partial charge in [0, 0.05) is 13.6 Å². The van der Waals surface area contributed by atoms with Crippen LogP contribution in [0.5, 0.6) is 0 Å². The minimum absolute atomic E-state index is 0.282. The zero-order valence-corrected chi connectivity index (χ0v) is 11.8. The van der Waals surface area contributed by atoms with Gasteiger partial charge >= 0.3 is 0 Å². The molecule has 1 aromatic carbocycles. The molecule has 4 heteroatoms. The molecule has 0 bridgehead atoms. The molecule has 2 N–H and O–H groups in total. The van der Waals surface area contributed by atoms with Crippen molar-refractivity contribution in [3.63, 3.8) is 0 Å². The molecule has 19 heavy (non-hydrogen) atoms. The number of nitrogens with two attached hydrogens (primary N) is 1.